The first-order valence-corrected chi connectivity index (χ1v) is 8.25. The van der Waals surface area contributed by atoms with Crippen molar-refractivity contribution in [1.82, 2.24) is 4.90 Å². The van der Waals surface area contributed by atoms with Crippen molar-refractivity contribution in [3.05, 3.63) is 76.6 Å². The number of esters is 1. The lowest BCUT2D eigenvalue weighted by atomic mass is 10.1. The van der Waals surface area contributed by atoms with Crippen molar-refractivity contribution in [2.45, 2.75) is 20.4 Å². The molecule has 0 N–H and O–H groups in total. The van der Waals surface area contributed by atoms with Gasteiger partial charge < -0.3 is 9.64 Å². The Balaban J connectivity index is 1.84. The second-order valence-corrected chi connectivity index (χ2v) is 6.18. The summed E-state index contributed by atoms with van der Waals surface area (Å²) in [6, 6.07) is 11.9. The van der Waals surface area contributed by atoms with Gasteiger partial charge >= 0.3 is 5.97 Å². The van der Waals surface area contributed by atoms with Crippen LogP contribution in [0.15, 0.2) is 48.5 Å². The zero-order chi connectivity index (χ0) is 19.1. The second kappa shape index (κ2) is 8.94. The molecule has 26 heavy (non-hydrogen) atoms. The summed E-state index contributed by atoms with van der Waals surface area (Å²) in [6.45, 7) is 4.12. The Labute approximate surface area is 152 Å². The predicted molar refractivity (Wildman–Crippen MR) is 98.8 cm³/mol. The minimum atomic E-state index is -0.650. The molecule has 2 aromatic carbocycles. The van der Waals surface area contributed by atoms with Crippen LogP contribution in [0.4, 0.5) is 4.39 Å². The highest BCUT2D eigenvalue weighted by atomic mass is 19.1. The molecule has 0 atom stereocenters. The van der Waals surface area contributed by atoms with E-state index in [4.69, 9.17) is 4.74 Å². The average molecular weight is 355 g/mol. The molecule has 0 bridgehead atoms. The summed E-state index contributed by atoms with van der Waals surface area (Å²) < 4.78 is 18.0. The molecule has 2 rings (SSSR count). The van der Waals surface area contributed by atoms with E-state index in [2.05, 4.69) is 6.07 Å². The van der Waals surface area contributed by atoms with E-state index in [1.165, 1.54) is 34.7 Å². The Morgan fingerprint density at radius 1 is 1.15 bits per heavy atom. The lowest BCUT2D eigenvalue weighted by Crippen LogP contribution is -2.30. The Kier molecular flexibility index (Phi) is 6.67. The smallest absolute Gasteiger partial charge is 0.331 e. The lowest BCUT2D eigenvalue weighted by molar-refractivity contribution is -0.147. The minimum absolute atomic E-state index is 0.294. The summed E-state index contributed by atoms with van der Waals surface area (Å²) in [5.74, 6) is -1.33. The van der Waals surface area contributed by atoms with Gasteiger partial charge in [0.2, 0.25) is 0 Å². The first-order chi connectivity index (χ1) is 12.3. The van der Waals surface area contributed by atoms with Gasteiger partial charge in [0.25, 0.3) is 5.91 Å². The lowest BCUT2D eigenvalue weighted by Gasteiger charge is -2.18. The molecule has 2 aromatic rings. The molecule has 0 aromatic heterocycles. The molecule has 0 aliphatic heterocycles. The first-order valence-electron chi connectivity index (χ1n) is 8.25. The SMILES string of the molecule is Cc1ccc(CN(C)C(=O)COC(=O)/C=C/c2cccc(F)c2)c(C)c1. The third-order valence-electron chi connectivity index (χ3n) is 3.93. The van der Waals surface area contributed by atoms with Gasteiger partial charge in [0.15, 0.2) is 6.61 Å². The fourth-order valence-corrected chi connectivity index (χ4v) is 2.43. The van der Waals surface area contributed by atoms with Gasteiger partial charge in [-0.2, -0.15) is 0 Å². The minimum Gasteiger partial charge on any atom is -0.452 e. The molecule has 0 aliphatic rings. The van der Waals surface area contributed by atoms with E-state index in [1.807, 2.05) is 26.0 Å². The standard InChI is InChI=1S/C21H22FNO3/c1-15-7-9-18(16(2)11-15)13-23(3)20(24)14-26-21(25)10-8-17-5-4-6-19(22)12-17/h4-12H,13-14H2,1-3H3/b10-8+. The Morgan fingerprint density at radius 3 is 2.62 bits per heavy atom. The van der Waals surface area contributed by atoms with Gasteiger partial charge in [0, 0.05) is 19.7 Å². The molecular weight excluding hydrogens is 333 g/mol. The van der Waals surface area contributed by atoms with Crippen LogP contribution < -0.4 is 0 Å². The number of amides is 1. The molecule has 4 nitrogen and oxygen atoms in total. The van der Waals surface area contributed by atoms with Gasteiger partial charge in [-0.05, 0) is 48.7 Å². The molecule has 1 amide bonds. The van der Waals surface area contributed by atoms with E-state index in [0.717, 1.165) is 11.1 Å². The Morgan fingerprint density at radius 2 is 1.92 bits per heavy atom. The van der Waals surface area contributed by atoms with Crippen LogP contribution in [-0.4, -0.2) is 30.4 Å². The predicted octanol–water partition coefficient (Wildman–Crippen LogP) is 3.66. The number of hydrogen-bond donors (Lipinski definition) is 0. The van der Waals surface area contributed by atoms with Crippen LogP contribution in [0.3, 0.4) is 0 Å². The van der Waals surface area contributed by atoms with Crippen molar-refractivity contribution in [3.63, 3.8) is 0 Å². The van der Waals surface area contributed by atoms with Gasteiger partial charge in [0.1, 0.15) is 5.82 Å². The summed E-state index contributed by atoms with van der Waals surface area (Å²) in [6.07, 6.45) is 2.61. The van der Waals surface area contributed by atoms with Crippen molar-refractivity contribution < 1.29 is 18.7 Å². The zero-order valence-electron chi connectivity index (χ0n) is 15.2. The normalized spacial score (nSPS) is 10.8. The van der Waals surface area contributed by atoms with Crippen LogP contribution in [0.1, 0.15) is 22.3 Å². The molecule has 136 valence electrons. The fraction of sp³-hybridized carbons (Fsp3) is 0.238. The molecule has 0 aliphatic carbocycles. The topological polar surface area (TPSA) is 46.6 Å². The number of halogens is 1. The van der Waals surface area contributed by atoms with E-state index in [1.54, 1.807) is 19.2 Å². The average Bonchev–Trinajstić information content (AvgIpc) is 2.60. The Bertz CT molecular complexity index is 830. The molecule has 5 heteroatoms. The number of benzene rings is 2. The molecule has 0 unspecified atom stereocenters. The van der Waals surface area contributed by atoms with Gasteiger partial charge in [-0.1, -0.05) is 35.9 Å². The number of nitrogens with zero attached hydrogens (tertiary/aromatic N) is 1. The van der Waals surface area contributed by atoms with E-state index < -0.39 is 5.97 Å². The van der Waals surface area contributed by atoms with Crippen molar-refractivity contribution in [3.8, 4) is 0 Å². The maximum absolute atomic E-state index is 13.1. The summed E-state index contributed by atoms with van der Waals surface area (Å²) in [4.78, 5) is 25.3. The molecule has 0 saturated heterocycles. The van der Waals surface area contributed by atoms with Gasteiger partial charge in [-0.15, -0.1) is 0 Å². The second-order valence-electron chi connectivity index (χ2n) is 6.18. The van der Waals surface area contributed by atoms with Crippen LogP contribution in [0.25, 0.3) is 6.08 Å². The van der Waals surface area contributed by atoms with Crippen molar-refractivity contribution in [2.24, 2.45) is 0 Å². The molecule has 0 spiro atoms. The third kappa shape index (κ3) is 5.84. The first kappa shape index (κ1) is 19.4. The quantitative estimate of drug-likeness (QED) is 0.587. The number of rotatable bonds is 6. The van der Waals surface area contributed by atoms with Crippen LogP contribution in [-0.2, 0) is 20.9 Å². The monoisotopic (exact) mass is 355 g/mol. The van der Waals surface area contributed by atoms with Gasteiger partial charge in [0.05, 0.1) is 0 Å². The van der Waals surface area contributed by atoms with Crippen LogP contribution in [0.2, 0.25) is 0 Å². The summed E-state index contributed by atoms with van der Waals surface area (Å²) in [5.41, 5.74) is 3.86. The summed E-state index contributed by atoms with van der Waals surface area (Å²) in [7, 11) is 1.66. The number of likely N-dealkylation sites (N-methyl/N-ethyl adjacent to an activating group) is 1. The van der Waals surface area contributed by atoms with Gasteiger partial charge in [-0.3, -0.25) is 4.79 Å². The summed E-state index contributed by atoms with van der Waals surface area (Å²) in [5, 5.41) is 0. The molecule has 0 radical (unpaired) electrons. The molecule has 0 fully saturated rings. The number of carbonyl (C=O) groups excluding carboxylic acids is 2. The number of hydrogen-bond acceptors (Lipinski definition) is 3. The van der Waals surface area contributed by atoms with Crippen molar-refractivity contribution >= 4 is 18.0 Å². The van der Waals surface area contributed by atoms with E-state index >= 15 is 0 Å². The van der Waals surface area contributed by atoms with E-state index in [0.29, 0.717) is 12.1 Å². The van der Waals surface area contributed by atoms with Crippen LogP contribution in [0, 0.1) is 19.7 Å². The highest BCUT2D eigenvalue weighted by Gasteiger charge is 2.12. The molecule has 0 saturated carbocycles. The maximum atomic E-state index is 13.1. The summed E-state index contributed by atoms with van der Waals surface area (Å²) >= 11 is 0. The van der Waals surface area contributed by atoms with Crippen molar-refractivity contribution in [2.75, 3.05) is 13.7 Å². The largest absolute Gasteiger partial charge is 0.452 e. The number of aryl methyl sites for hydroxylation is 2. The van der Waals surface area contributed by atoms with Crippen LogP contribution in [0.5, 0.6) is 0 Å². The van der Waals surface area contributed by atoms with Gasteiger partial charge in [-0.25, -0.2) is 9.18 Å². The third-order valence-corrected chi connectivity index (χ3v) is 3.93. The molecule has 0 heterocycles. The van der Waals surface area contributed by atoms with Crippen molar-refractivity contribution in [1.29, 1.82) is 0 Å². The Hall–Kier alpha value is -2.95. The van der Waals surface area contributed by atoms with E-state index in [-0.39, 0.29) is 18.3 Å². The highest BCUT2D eigenvalue weighted by molar-refractivity contribution is 5.89. The van der Waals surface area contributed by atoms with Crippen LogP contribution >= 0.6 is 0 Å². The molecular formula is C21H22FNO3. The zero-order valence-corrected chi connectivity index (χ0v) is 15.2. The number of ether oxygens (including phenoxy) is 1. The number of carbonyl (C=O) groups is 2. The van der Waals surface area contributed by atoms with E-state index in [9.17, 15) is 14.0 Å². The highest BCUT2D eigenvalue weighted by Crippen LogP contribution is 2.12. The fourth-order valence-electron chi connectivity index (χ4n) is 2.43. The maximum Gasteiger partial charge on any atom is 0.331 e.